The quantitative estimate of drug-likeness (QED) is 0.851. The summed E-state index contributed by atoms with van der Waals surface area (Å²) in [5.41, 5.74) is 4.41. The Balaban J connectivity index is 1.67. The Labute approximate surface area is 161 Å². The molecule has 0 aromatic heterocycles. The molecule has 0 aliphatic carbocycles. The van der Waals surface area contributed by atoms with E-state index in [2.05, 4.69) is 39.4 Å². The number of ether oxygens (including phenoxy) is 1. The van der Waals surface area contributed by atoms with Crippen molar-refractivity contribution in [3.05, 3.63) is 59.7 Å². The van der Waals surface area contributed by atoms with Crippen molar-refractivity contribution in [1.29, 1.82) is 0 Å². The Hall–Kier alpha value is -2.37. The molecule has 144 valence electrons. The highest BCUT2D eigenvalue weighted by Gasteiger charge is 2.21. The summed E-state index contributed by atoms with van der Waals surface area (Å²) in [5.74, 6) is 0.00986. The van der Waals surface area contributed by atoms with Gasteiger partial charge in [-0.05, 0) is 44.2 Å². The summed E-state index contributed by atoms with van der Waals surface area (Å²) in [6.45, 7) is 8.01. The van der Waals surface area contributed by atoms with Crippen LogP contribution >= 0.6 is 0 Å². The van der Waals surface area contributed by atoms with Crippen LogP contribution in [0.5, 0.6) is 0 Å². The fourth-order valence-corrected chi connectivity index (χ4v) is 3.31. The summed E-state index contributed by atoms with van der Waals surface area (Å²) in [7, 11) is 2.00. The molecular weight excluding hydrogens is 338 g/mol. The Bertz CT molecular complexity index is 772. The van der Waals surface area contributed by atoms with Crippen molar-refractivity contribution in [1.82, 2.24) is 4.90 Å². The number of likely N-dealkylation sites (N-methyl/N-ethyl adjacent to an activating group) is 1. The molecule has 2 aromatic carbocycles. The zero-order chi connectivity index (χ0) is 19.2. The first kappa shape index (κ1) is 19.4. The predicted octanol–water partition coefficient (Wildman–Crippen LogP) is 3.29. The number of rotatable bonds is 6. The molecule has 5 heteroatoms. The second kappa shape index (κ2) is 9.02. The summed E-state index contributed by atoms with van der Waals surface area (Å²) in [4.78, 5) is 17.2. The van der Waals surface area contributed by atoms with Gasteiger partial charge in [-0.1, -0.05) is 36.4 Å². The molecule has 0 spiro atoms. The van der Waals surface area contributed by atoms with Crippen molar-refractivity contribution in [3.8, 4) is 0 Å². The van der Waals surface area contributed by atoms with E-state index >= 15 is 0 Å². The molecule has 2 aromatic rings. The minimum absolute atomic E-state index is 0.00986. The number of aryl methyl sites for hydroxylation is 1. The highest BCUT2D eigenvalue weighted by atomic mass is 16.5. The Kier molecular flexibility index (Phi) is 6.48. The number of morpholine rings is 1. The molecule has 3 rings (SSSR count). The number of nitrogens with one attached hydrogen (secondary N) is 1. The second-order valence-electron chi connectivity index (χ2n) is 7.12. The lowest BCUT2D eigenvalue weighted by Gasteiger charge is -2.32. The molecular formula is C22H29N3O2. The van der Waals surface area contributed by atoms with Crippen molar-refractivity contribution in [2.45, 2.75) is 26.4 Å². The molecule has 1 heterocycles. The first-order chi connectivity index (χ1) is 13.1. The fraction of sp³-hybridized carbons (Fsp3) is 0.409. The summed E-state index contributed by atoms with van der Waals surface area (Å²) < 4.78 is 5.47. The van der Waals surface area contributed by atoms with Gasteiger partial charge in [0, 0.05) is 31.0 Å². The number of nitrogens with zero attached hydrogens (tertiary/aromatic N) is 2. The average Bonchev–Trinajstić information content (AvgIpc) is 2.70. The minimum atomic E-state index is -0.234. The Morgan fingerprint density at radius 3 is 2.56 bits per heavy atom. The number of carbonyl (C=O) groups is 1. The summed E-state index contributed by atoms with van der Waals surface area (Å²) >= 11 is 0. The number of para-hydroxylation sites is 2. The molecule has 0 bridgehead atoms. The summed E-state index contributed by atoms with van der Waals surface area (Å²) in [5, 5.41) is 3.05. The second-order valence-corrected chi connectivity index (χ2v) is 7.12. The van der Waals surface area contributed by atoms with E-state index in [1.54, 1.807) is 0 Å². The topological polar surface area (TPSA) is 44.8 Å². The van der Waals surface area contributed by atoms with E-state index in [0.717, 1.165) is 44.1 Å². The first-order valence-corrected chi connectivity index (χ1v) is 9.53. The summed E-state index contributed by atoms with van der Waals surface area (Å²) in [6, 6.07) is 16.1. The highest BCUT2D eigenvalue weighted by molar-refractivity contribution is 5.95. The lowest BCUT2D eigenvalue weighted by molar-refractivity contribution is -0.120. The standard InChI is InChI=1S/C22H29N3O2/c1-17-8-4-6-10-20(17)23-22(26)18(2)24(3)16-19-9-5-7-11-21(19)25-12-14-27-15-13-25/h4-11,18H,12-16H2,1-3H3,(H,23,26)/t18-/m0/s1. The zero-order valence-corrected chi connectivity index (χ0v) is 16.4. The number of benzene rings is 2. The van der Waals surface area contributed by atoms with Crippen molar-refractivity contribution in [3.63, 3.8) is 0 Å². The third-order valence-electron chi connectivity index (χ3n) is 5.21. The molecule has 1 amide bonds. The third kappa shape index (κ3) is 4.87. The molecule has 0 saturated carbocycles. The first-order valence-electron chi connectivity index (χ1n) is 9.53. The van der Waals surface area contributed by atoms with Gasteiger partial charge in [-0.25, -0.2) is 0 Å². The van der Waals surface area contributed by atoms with Crippen molar-refractivity contribution in [2.24, 2.45) is 0 Å². The van der Waals surface area contributed by atoms with E-state index in [1.165, 1.54) is 11.3 Å². The van der Waals surface area contributed by atoms with Crippen LogP contribution in [0.4, 0.5) is 11.4 Å². The molecule has 1 aliphatic rings. The molecule has 27 heavy (non-hydrogen) atoms. The van der Waals surface area contributed by atoms with E-state index < -0.39 is 0 Å². The normalized spacial score (nSPS) is 15.6. The van der Waals surface area contributed by atoms with Crippen LogP contribution in [0.15, 0.2) is 48.5 Å². The van der Waals surface area contributed by atoms with Gasteiger partial charge in [0.05, 0.1) is 19.3 Å². The van der Waals surface area contributed by atoms with E-state index in [0.29, 0.717) is 0 Å². The molecule has 1 saturated heterocycles. The van der Waals surface area contributed by atoms with Gasteiger partial charge in [-0.2, -0.15) is 0 Å². The number of carbonyl (C=O) groups excluding carboxylic acids is 1. The van der Waals surface area contributed by atoms with Crippen LogP contribution < -0.4 is 10.2 Å². The molecule has 1 fully saturated rings. The molecule has 0 unspecified atom stereocenters. The van der Waals surface area contributed by atoms with Gasteiger partial charge in [0.1, 0.15) is 0 Å². The maximum atomic E-state index is 12.7. The van der Waals surface area contributed by atoms with Crippen LogP contribution in [0.2, 0.25) is 0 Å². The van der Waals surface area contributed by atoms with E-state index in [9.17, 15) is 4.79 Å². The van der Waals surface area contributed by atoms with Crippen molar-refractivity contribution in [2.75, 3.05) is 43.6 Å². The van der Waals surface area contributed by atoms with Gasteiger partial charge < -0.3 is 15.0 Å². The minimum Gasteiger partial charge on any atom is -0.378 e. The average molecular weight is 367 g/mol. The zero-order valence-electron chi connectivity index (χ0n) is 16.4. The molecule has 1 aliphatic heterocycles. The maximum Gasteiger partial charge on any atom is 0.241 e. The molecule has 1 atom stereocenters. The number of anilines is 2. The number of hydrogen-bond acceptors (Lipinski definition) is 4. The van der Waals surface area contributed by atoms with Crippen LogP contribution in [-0.4, -0.2) is 50.2 Å². The SMILES string of the molecule is Cc1ccccc1NC(=O)[C@H](C)N(C)Cc1ccccc1N1CCOCC1. The lowest BCUT2D eigenvalue weighted by atomic mass is 10.1. The van der Waals surface area contributed by atoms with Gasteiger partial charge in [0.2, 0.25) is 5.91 Å². The molecule has 1 N–H and O–H groups in total. The number of amides is 1. The van der Waals surface area contributed by atoms with Crippen LogP contribution in [-0.2, 0) is 16.1 Å². The largest absolute Gasteiger partial charge is 0.378 e. The van der Waals surface area contributed by atoms with E-state index in [1.807, 2.05) is 45.2 Å². The fourth-order valence-electron chi connectivity index (χ4n) is 3.31. The van der Waals surface area contributed by atoms with Gasteiger partial charge in [-0.3, -0.25) is 9.69 Å². The lowest BCUT2D eigenvalue weighted by Crippen LogP contribution is -2.40. The Morgan fingerprint density at radius 1 is 1.15 bits per heavy atom. The molecule has 5 nitrogen and oxygen atoms in total. The maximum absolute atomic E-state index is 12.7. The smallest absolute Gasteiger partial charge is 0.241 e. The van der Waals surface area contributed by atoms with Crippen LogP contribution in [0.25, 0.3) is 0 Å². The van der Waals surface area contributed by atoms with Crippen LogP contribution in [0.3, 0.4) is 0 Å². The van der Waals surface area contributed by atoms with Gasteiger partial charge in [0.25, 0.3) is 0 Å². The van der Waals surface area contributed by atoms with Crippen molar-refractivity contribution >= 4 is 17.3 Å². The number of hydrogen-bond donors (Lipinski definition) is 1. The Morgan fingerprint density at radius 2 is 1.81 bits per heavy atom. The van der Waals surface area contributed by atoms with Gasteiger partial charge >= 0.3 is 0 Å². The van der Waals surface area contributed by atoms with E-state index in [-0.39, 0.29) is 11.9 Å². The highest BCUT2D eigenvalue weighted by Crippen LogP contribution is 2.23. The monoisotopic (exact) mass is 367 g/mol. The molecule has 0 radical (unpaired) electrons. The predicted molar refractivity (Wildman–Crippen MR) is 110 cm³/mol. The van der Waals surface area contributed by atoms with Gasteiger partial charge in [0.15, 0.2) is 0 Å². The van der Waals surface area contributed by atoms with E-state index in [4.69, 9.17) is 4.74 Å². The van der Waals surface area contributed by atoms with Crippen LogP contribution in [0, 0.1) is 6.92 Å². The van der Waals surface area contributed by atoms with Crippen LogP contribution in [0.1, 0.15) is 18.1 Å². The van der Waals surface area contributed by atoms with Crippen molar-refractivity contribution < 1.29 is 9.53 Å². The van der Waals surface area contributed by atoms with Gasteiger partial charge in [-0.15, -0.1) is 0 Å². The third-order valence-corrected chi connectivity index (χ3v) is 5.21. The summed E-state index contributed by atoms with van der Waals surface area (Å²) in [6.07, 6.45) is 0.